The van der Waals surface area contributed by atoms with Crippen molar-refractivity contribution in [2.75, 3.05) is 17.4 Å². The maximum absolute atomic E-state index is 14.9. The lowest BCUT2D eigenvalue weighted by atomic mass is 10.1. The normalized spacial score (nSPS) is 12.1. The van der Waals surface area contributed by atoms with Crippen molar-refractivity contribution < 1.29 is 22.4 Å². The Hall–Kier alpha value is -3.14. The highest BCUT2D eigenvalue weighted by Gasteiger charge is 2.33. The molecule has 0 fully saturated rings. The number of sulfonamides is 1. The van der Waals surface area contributed by atoms with Crippen molar-refractivity contribution in [1.82, 2.24) is 10.2 Å². The van der Waals surface area contributed by atoms with Crippen LogP contribution in [0.25, 0.3) is 0 Å². The second-order valence-electron chi connectivity index (χ2n) is 9.00. The first-order chi connectivity index (χ1) is 18.4. The summed E-state index contributed by atoms with van der Waals surface area (Å²) in [5.74, 6) is -1.96. The highest BCUT2D eigenvalue weighted by Crippen LogP contribution is 2.28. The molecule has 0 saturated carbocycles. The molecule has 3 aromatic rings. The molecule has 0 aliphatic heterocycles. The number of aryl methyl sites for hydroxylation is 1. The number of amides is 2. The number of nitrogens with one attached hydrogen (secondary N) is 1. The van der Waals surface area contributed by atoms with Crippen LogP contribution in [-0.4, -0.2) is 44.3 Å². The van der Waals surface area contributed by atoms with E-state index in [-0.39, 0.29) is 22.2 Å². The van der Waals surface area contributed by atoms with E-state index in [0.29, 0.717) is 23.6 Å². The first kappa shape index (κ1) is 30.4. The van der Waals surface area contributed by atoms with Crippen LogP contribution in [0.15, 0.2) is 71.6 Å². The lowest BCUT2D eigenvalue weighted by molar-refractivity contribution is -0.139. The first-order valence-corrected chi connectivity index (χ1v) is 14.5. The van der Waals surface area contributed by atoms with Crippen molar-refractivity contribution in [1.29, 1.82) is 0 Å². The highest BCUT2D eigenvalue weighted by molar-refractivity contribution is 7.92. The number of carbonyl (C=O) groups excluding carboxylic acids is 2. The monoisotopic (exact) mass is 593 g/mol. The van der Waals surface area contributed by atoms with E-state index in [1.54, 1.807) is 31.2 Å². The van der Waals surface area contributed by atoms with Crippen LogP contribution in [0.1, 0.15) is 31.4 Å². The molecule has 1 unspecified atom stereocenters. The van der Waals surface area contributed by atoms with Crippen molar-refractivity contribution in [3.05, 3.63) is 93.7 Å². The molecule has 0 aliphatic rings. The van der Waals surface area contributed by atoms with Gasteiger partial charge in [0, 0.05) is 23.1 Å². The number of nitrogens with zero attached hydrogens (tertiary/aromatic N) is 2. The Balaban J connectivity index is 2.05. The van der Waals surface area contributed by atoms with Gasteiger partial charge in [0.15, 0.2) is 0 Å². The minimum absolute atomic E-state index is 0.106. The van der Waals surface area contributed by atoms with Crippen LogP contribution in [-0.2, 0) is 26.2 Å². The second-order valence-corrected chi connectivity index (χ2v) is 11.7. The van der Waals surface area contributed by atoms with Gasteiger partial charge in [-0.2, -0.15) is 0 Å². The zero-order chi connectivity index (χ0) is 28.7. The summed E-state index contributed by atoms with van der Waals surface area (Å²) in [6, 6.07) is 15.1. The summed E-state index contributed by atoms with van der Waals surface area (Å²) in [4.78, 5) is 27.8. The molecule has 0 aliphatic carbocycles. The SMILES string of the molecule is CCCNC(=O)C(C)N(Cc1ccc(Cl)cc1Cl)C(=O)CN(c1ccccc1F)S(=O)(=O)c1ccc(C)cc1. The Bertz CT molecular complexity index is 1430. The van der Waals surface area contributed by atoms with Crippen molar-refractivity contribution >= 4 is 50.7 Å². The van der Waals surface area contributed by atoms with E-state index < -0.39 is 40.2 Å². The van der Waals surface area contributed by atoms with Gasteiger partial charge >= 0.3 is 0 Å². The van der Waals surface area contributed by atoms with Gasteiger partial charge in [-0.15, -0.1) is 0 Å². The number of anilines is 1. The number of benzene rings is 3. The number of halogens is 3. The fourth-order valence-electron chi connectivity index (χ4n) is 3.82. The summed E-state index contributed by atoms with van der Waals surface area (Å²) in [5.41, 5.74) is 1.04. The molecule has 1 N–H and O–H groups in total. The van der Waals surface area contributed by atoms with Gasteiger partial charge in [-0.1, -0.05) is 66.0 Å². The van der Waals surface area contributed by atoms with E-state index in [9.17, 15) is 22.4 Å². The second kappa shape index (κ2) is 13.3. The third-order valence-corrected chi connectivity index (χ3v) is 8.44. The first-order valence-electron chi connectivity index (χ1n) is 12.3. The van der Waals surface area contributed by atoms with Gasteiger partial charge in [0.05, 0.1) is 10.6 Å². The Morgan fingerprint density at radius 1 is 1.03 bits per heavy atom. The summed E-state index contributed by atoms with van der Waals surface area (Å²) >= 11 is 12.4. The Labute approximate surface area is 238 Å². The molecular formula is C28H30Cl2FN3O4S. The van der Waals surface area contributed by atoms with Crippen LogP contribution in [0.5, 0.6) is 0 Å². The number of carbonyl (C=O) groups is 2. The predicted octanol–water partition coefficient (Wildman–Crippen LogP) is 5.58. The third kappa shape index (κ3) is 7.50. The minimum Gasteiger partial charge on any atom is -0.354 e. The van der Waals surface area contributed by atoms with Crippen LogP contribution in [0.4, 0.5) is 10.1 Å². The molecule has 7 nitrogen and oxygen atoms in total. The standard InChI is InChI=1S/C28H30Cl2FN3O4S/c1-4-15-32-28(36)20(3)33(17-21-11-12-22(29)16-24(21)30)27(35)18-34(26-8-6-5-7-25(26)31)39(37,38)23-13-9-19(2)10-14-23/h5-14,16,20H,4,15,17-18H2,1-3H3,(H,32,36). The molecular weight excluding hydrogens is 564 g/mol. The summed E-state index contributed by atoms with van der Waals surface area (Å²) in [6.07, 6.45) is 0.686. The number of hydrogen-bond donors (Lipinski definition) is 1. The number of hydrogen-bond acceptors (Lipinski definition) is 4. The molecule has 0 radical (unpaired) electrons. The maximum atomic E-state index is 14.9. The van der Waals surface area contributed by atoms with Crippen LogP contribution in [0.3, 0.4) is 0 Å². The molecule has 3 aromatic carbocycles. The van der Waals surface area contributed by atoms with Gasteiger partial charge < -0.3 is 10.2 Å². The van der Waals surface area contributed by atoms with Gasteiger partial charge in [0.1, 0.15) is 18.4 Å². The third-order valence-electron chi connectivity index (χ3n) is 6.08. The van der Waals surface area contributed by atoms with E-state index in [2.05, 4.69) is 5.32 Å². The van der Waals surface area contributed by atoms with E-state index in [1.807, 2.05) is 6.92 Å². The van der Waals surface area contributed by atoms with Gasteiger partial charge in [0.2, 0.25) is 11.8 Å². The smallest absolute Gasteiger partial charge is 0.264 e. The van der Waals surface area contributed by atoms with Crippen LogP contribution >= 0.6 is 23.2 Å². The lowest BCUT2D eigenvalue weighted by Gasteiger charge is -2.32. The molecule has 39 heavy (non-hydrogen) atoms. The Morgan fingerprint density at radius 3 is 2.31 bits per heavy atom. The maximum Gasteiger partial charge on any atom is 0.264 e. The lowest BCUT2D eigenvalue weighted by Crippen LogP contribution is -2.51. The molecule has 2 amide bonds. The average molecular weight is 595 g/mol. The van der Waals surface area contributed by atoms with Crippen molar-refractivity contribution in [3.63, 3.8) is 0 Å². The largest absolute Gasteiger partial charge is 0.354 e. The highest BCUT2D eigenvalue weighted by atomic mass is 35.5. The number of rotatable bonds is 11. The van der Waals surface area contributed by atoms with Gasteiger partial charge in [-0.05, 0) is 62.2 Å². The zero-order valence-corrected chi connectivity index (χ0v) is 24.2. The fraction of sp³-hybridized carbons (Fsp3) is 0.286. The average Bonchev–Trinajstić information content (AvgIpc) is 2.90. The summed E-state index contributed by atoms with van der Waals surface area (Å²) in [7, 11) is -4.37. The molecule has 1 atom stereocenters. The van der Waals surface area contributed by atoms with E-state index >= 15 is 0 Å². The van der Waals surface area contributed by atoms with Crippen LogP contribution in [0.2, 0.25) is 10.0 Å². The molecule has 3 rings (SSSR count). The quantitative estimate of drug-likeness (QED) is 0.314. The minimum atomic E-state index is -4.37. The topological polar surface area (TPSA) is 86.8 Å². The van der Waals surface area contributed by atoms with Crippen molar-refractivity contribution in [2.45, 2.75) is 44.7 Å². The molecule has 0 heterocycles. The van der Waals surface area contributed by atoms with Gasteiger partial charge in [-0.25, -0.2) is 12.8 Å². The molecule has 0 spiro atoms. The van der Waals surface area contributed by atoms with Crippen molar-refractivity contribution in [3.8, 4) is 0 Å². The van der Waals surface area contributed by atoms with Crippen LogP contribution in [0, 0.1) is 12.7 Å². The summed E-state index contributed by atoms with van der Waals surface area (Å²) in [5, 5.41) is 3.42. The zero-order valence-electron chi connectivity index (χ0n) is 21.8. The molecule has 0 aromatic heterocycles. The molecule has 11 heteroatoms. The number of para-hydroxylation sites is 1. The van der Waals surface area contributed by atoms with Crippen LogP contribution < -0.4 is 9.62 Å². The molecule has 0 bridgehead atoms. The predicted molar refractivity (Wildman–Crippen MR) is 152 cm³/mol. The molecule has 0 saturated heterocycles. The van der Waals surface area contributed by atoms with Gasteiger partial charge in [0.25, 0.3) is 10.0 Å². The Morgan fingerprint density at radius 2 is 1.69 bits per heavy atom. The Kier molecular flexibility index (Phi) is 10.4. The molecule has 208 valence electrons. The van der Waals surface area contributed by atoms with E-state index in [4.69, 9.17) is 23.2 Å². The summed E-state index contributed by atoms with van der Waals surface area (Å²) < 4.78 is 43.1. The summed E-state index contributed by atoms with van der Waals surface area (Å²) in [6.45, 7) is 4.77. The fourth-order valence-corrected chi connectivity index (χ4v) is 5.71. The van der Waals surface area contributed by atoms with E-state index in [0.717, 1.165) is 15.9 Å². The van der Waals surface area contributed by atoms with E-state index in [1.165, 1.54) is 48.2 Å². The van der Waals surface area contributed by atoms with Gasteiger partial charge in [-0.3, -0.25) is 13.9 Å². The van der Waals surface area contributed by atoms with Crippen molar-refractivity contribution in [2.24, 2.45) is 0 Å².